The van der Waals surface area contributed by atoms with E-state index in [0.29, 0.717) is 44.2 Å². The maximum atomic E-state index is 13.5. The molecule has 0 spiro atoms. The number of carbonyl (C=O) groups excluding carboxylic acids is 1. The Morgan fingerprint density at radius 1 is 1.26 bits per heavy atom. The Kier molecular flexibility index (Phi) is 5.94. The minimum absolute atomic E-state index is 0.0378. The van der Waals surface area contributed by atoms with Crippen molar-refractivity contribution in [3.63, 3.8) is 0 Å². The van der Waals surface area contributed by atoms with Gasteiger partial charge >= 0.3 is 0 Å². The third kappa shape index (κ3) is 5.19. The molecule has 7 nitrogen and oxygen atoms in total. The molecule has 1 aliphatic carbocycles. The number of amides is 1. The van der Waals surface area contributed by atoms with Crippen LogP contribution in [0.5, 0.6) is 5.88 Å². The van der Waals surface area contributed by atoms with Crippen LogP contribution in [0.3, 0.4) is 0 Å². The number of nitrogens with zero attached hydrogens (tertiary/aromatic N) is 5. The fourth-order valence-electron chi connectivity index (χ4n) is 4.08. The van der Waals surface area contributed by atoms with Crippen molar-refractivity contribution in [2.75, 3.05) is 13.1 Å². The van der Waals surface area contributed by atoms with Crippen LogP contribution in [0.1, 0.15) is 50.9 Å². The fraction of sp³-hybridized carbons (Fsp3) is 0.636. The van der Waals surface area contributed by atoms with E-state index < -0.39 is 5.92 Å². The van der Waals surface area contributed by atoms with Crippen molar-refractivity contribution in [3.8, 4) is 11.8 Å². The predicted molar refractivity (Wildman–Crippen MR) is 110 cm³/mol. The first-order valence-corrected chi connectivity index (χ1v) is 10.9. The molecule has 0 atom stereocenters. The Morgan fingerprint density at radius 3 is 2.58 bits per heavy atom. The average molecular weight is 434 g/mol. The molecule has 168 valence electrons. The van der Waals surface area contributed by atoms with Gasteiger partial charge in [0.2, 0.25) is 17.7 Å². The van der Waals surface area contributed by atoms with Gasteiger partial charge in [-0.25, -0.2) is 18.4 Å². The average Bonchev–Trinajstić information content (AvgIpc) is 3.12. The zero-order valence-electron chi connectivity index (χ0n) is 18.2. The lowest BCUT2D eigenvalue weighted by molar-refractivity contribution is -0.143. The monoisotopic (exact) mass is 433 g/mol. The lowest BCUT2D eigenvalue weighted by atomic mass is 9.84. The van der Waals surface area contributed by atoms with E-state index in [4.69, 9.17) is 4.74 Å². The topological polar surface area (TPSA) is 73.1 Å². The largest absolute Gasteiger partial charge is 0.470 e. The highest BCUT2D eigenvalue weighted by Crippen LogP contribution is 2.37. The van der Waals surface area contributed by atoms with Crippen LogP contribution >= 0.6 is 0 Å². The first-order chi connectivity index (χ1) is 14.7. The second kappa shape index (κ2) is 8.51. The Hall–Kier alpha value is -2.58. The van der Waals surface area contributed by atoms with Crippen LogP contribution in [0, 0.1) is 18.8 Å². The minimum atomic E-state index is -2.54. The molecule has 1 saturated carbocycles. The molecule has 31 heavy (non-hydrogen) atoms. The van der Waals surface area contributed by atoms with Crippen molar-refractivity contribution in [1.82, 2.24) is 24.6 Å². The quantitative estimate of drug-likeness (QED) is 0.696. The molecule has 2 fully saturated rings. The number of halogens is 2. The zero-order valence-corrected chi connectivity index (χ0v) is 18.2. The molecule has 1 aliphatic heterocycles. The summed E-state index contributed by atoms with van der Waals surface area (Å²) in [5, 5.41) is 4.38. The van der Waals surface area contributed by atoms with E-state index in [1.807, 2.05) is 26.8 Å². The first-order valence-electron chi connectivity index (χ1n) is 10.9. The van der Waals surface area contributed by atoms with Gasteiger partial charge in [-0.05, 0) is 38.2 Å². The maximum absolute atomic E-state index is 13.5. The van der Waals surface area contributed by atoms with Crippen LogP contribution in [0.4, 0.5) is 8.78 Å². The van der Waals surface area contributed by atoms with Crippen LogP contribution < -0.4 is 4.74 Å². The number of likely N-dealkylation sites (tertiary alicyclic amines) is 1. The van der Waals surface area contributed by atoms with Crippen molar-refractivity contribution >= 4 is 5.91 Å². The van der Waals surface area contributed by atoms with Gasteiger partial charge in [-0.3, -0.25) is 4.79 Å². The van der Waals surface area contributed by atoms with Crippen LogP contribution in [0.2, 0.25) is 0 Å². The molecule has 2 aliphatic rings. The van der Waals surface area contributed by atoms with Gasteiger partial charge in [0.1, 0.15) is 6.10 Å². The van der Waals surface area contributed by atoms with Gasteiger partial charge in [-0.2, -0.15) is 10.1 Å². The molecule has 0 aromatic carbocycles. The number of rotatable bonds is 6. The smallest absolute Gasteiger partial charge is 0.254 e. The molecule has 2 aromatic heterocycles. The highest BCUT2D eigenvalue weighted by molar-refractivity contribution is 5.79. The number of aryl methyl sites for hydroxylation is 1. The van der Waals surface area contributed by atoms with Crippen molar-refractivity contribution in [2.45, 2.75) is 64.9 Å². The van der Waals surface area contributed by atoms with Gasteiger partial charge < -0.3 is 9.64 Å². The number of alkyl halides is 2. The second-order valence-corrected chi connectivity index (χ2v) is 9.04. The summed E-state index contributed by atoms with van der Waals surface area (Å²) >= 11 is 0. The van der Waals surface area contributed by atoms with E-state index in [2.05, 4.69) is 15.1 Å². The molecule has 0 radical (unpaired) electrons. The molecule has 3 heterocycles. The van der Waals surface area contributed by atoms with Crippen LogP contribution in [-0.2, 0) is 11.2 Å². The molecule has 9 heteroatoms. The van der Waals surface area contributed by atoms with E-state index in [1.165, 1.54) is 0 Å². The van der Waals surface area contributed by atoms with Crippen molar-refractivity contribution in [1.29, 1.82) is 0 Å². The van der Waals surface area contributed by atoms with E-state index in [9.17, 15) is 13.6 Å². The van der Waals surface area contributed by atoms with Crippen molar-refractivity contribution in [2.24, 2.45) is 11.8 Å². The summed E-state index contributed by atoms with van der Waals surface area (Å²) in [6.45, 7) is 6.71. The van der Waals surface area contributed by atoms with Crippen LogP contribution in [0.15, 0.2) is 18.3 Å². The Labute approximate surface area is 180 Å². The lowest BCUT2D eigenvalue weighted by Crippen LogP contribution is -2.57. The summed E-state index contributed by atoms with van der Waals surface area (Å²) in [7, 11) is 0. The highest BCUT2D eigenvalue weighted by atomic mass is 19.3. The van der Waals surface area contributed by atoms with E-state index >= 15 is 0 Å². The number of hydrogen-bond acceptors (Lipinski definition) is 5. The SMILES string of the molecule is Cc1ccn(-c2nc(CC3CCC(F)(F)CC3)cc(OC3CN(C(=O)C(C)C)C3)n2)n1. The first kappa shape index (κ1) is 21.6. The molecule has 1 saturated heterocycles. The molecule has 2 aromatic rings. The molecular weight excluding hydrogens is 404 g/mol. The number of aromatic nitrogens is 4. The van der Waals surface area contributed by atoms with Crippen molar-refractivity contribution < 1.29 is 18.3 Å². The van der Waals surface area contributed by atoms with Gasteiger partial charge in [-0.1, -0.05) is 13.8 Å². The van der Waals surface area contributed by atoms with Crippen LogP contribution in [-0.4, -0.2) is 55.7 Å². The summed E-state index contributed by atoms with van der Waals surface area (Å²) < 4.78 is 34.7. The van der Waals surface area contributed by atoms with E-state index in [0.717, 1.165) is 11.4 Å². The predicted octanol–water partition coefficient (Wildman–Crippen LogP) is 3.58. The number of carbonyl (C=O) groups is 1. The van der Waals surface area contributed by atoms with E-state index in [-0.39, 0.29) is 36.7 Å². The van der Waals surface area contributed by atoms with Gasteiger partial charge in [0.15, 0.2) is 0 Å². The van der Waals surface area contributed by atoms with Gasteiger partial charge in [-0.15, -0.1) is 0 Å². The molecule has 0 N–H and O–H groups in total. The molecule has 4 rings (SSSR count). The van der Waals surface area contributed by atoms with Gasteiger partial charge in [0.05, 0.1) is 24.5 Å². The second-order valence-electron chi connectivity index (χ2n) is 9.04. The third-order valence-electron chi connectivity index (χ3n) is 5.95. The maximum Gasteiger partial charge on any atom is 0.254 e. The molecule has 0 bridgehead atoms. The van der Waals surface area contributed by atoms with Gasteiger partial charge in [0.25, 0.3) is 5.95 Å². The molecule has 0 unspecified atom stereocenters. The summed E-state index contributed by atoms with van der Waals surface area (Å²) in [6.07, 6.45) is 3.09. The summed E-state index contributed by atoms with van der Waals surface area (Å²) in [6, 6.07) is 3.65. The molecule has 1 amide bonds. The standard InChI is InChI=1S/C22H29F2N5O2/c1-14(2)20(30)28-12-18(13-28)31-19-11-17(10-16-4-7-22(23,24)8-5-16)25-21(26-19)29-9-6-15(3)27-29/h6,9,11,14,16,18H,4-5,7-8,10,12-13H2,1-3H3. The Balaban J connectivity index is 1.48. The number of hydrogen-bond donors (Lipinski definition) is 0. The van der Waals surface area contributed by atoms with Gasteiger partial charge in [0, 0.05) is 31.0 Å². The summed E-state index contributed by atoms with van der Waals surface area (Å²) in [5.41, 5.74) is 1.60. The molecular formula is C22H29F2N5O2. The zero-order chi connectivity index (χ0) is 22.2. The number of ether oxygens (including phenoxy) is 1. The lowest BCUT2D eigenvalue weighted by Gasteiger charge is -2.39. The summed E-state index contributed by atoms with van der Waals surface area (Å²) in [4.78, 5) is 23.0. The highest BCUT2D eigenvalue weighted by Gasteiger charge is 2.36. The third-order valence-corrected chi connectivity index (χ3v) is 5.95. The minimum Gasteiger partial charge on any atom is -0.470 e. The van der Waals surface area contributed by atoms with Crippen LogP contribution in [0.25, 0.3) is 5.95 Å². The van der Waals surface area contributed by atoms with E-state index in [1.54, 1.807) is 21.8 Å². The summed E-state index contributed by atoms with van der Waals surface area (Å²) in [5.74, 6) is -1.48. The Morgan fingerprint density at radius 2 is 1.97 bits per heavy atom. The Bertz CT molecular complexity index is 930. The normalized spacial score (nSPS) is 19.5. The fourth-order valence-corrected chi connectivity index (χ4v) is 4.08. The van der Waals surface area contributed by atoms with Crippen molar-refractivity contribution in [3.05, 3.63) is 29.7 Å².